The molecule has 0 spiro atoms. The highest BCUT2D eigenvalue weighted by Gasteiger charge is 2.46. The Labute approximate surface area is 179 Å². The molecule has 12 heteroatoms. The highest BCUT2D eigenvalue weighted by molar-refractivity contribution is 7.92. The molecule has 1 fully saturated rings. The van der Waals surface area contributed by atoms with E-state index in [4.69, 9.17) is 0 Å². The van der Waals surface area contributed by atoms with Gasteiger partial charge < -0.3 is 10.2 Å². The number of carbonyl (C=O) groups excluding carboxylic acids is 1. The zero-order valence-corrected chi connectivity index (χ0v) is 18.7. The molecule has 1 N–H and O–H groups in total. The summed E-state index contributed by atoms with van der Waals surface area (Å²) in [7, 11) is -2.67. The van der Waals surface area contributed by atoms with Crippen LogP contribution >= 0.6 is 0 Å². The van der Waals surface area contributed by atoms with Gasteiger partial charge in [-0.2, -0.15) is 15.3 Å². The first-order valence-corrected chi connectivity index (χ1v) is 11.3. The molecule has 1 aliphatic heterocycles. The summed E-state index contributed by atoms with van der Waals surface area (Å²) in [6.45, 7) is 5.56. The molecule has 0 radical (unpaired) electrons. The summed E-state index contributed by atoms with van der Waals surface area (Å²) in [6, 6.07) is 1.39. The zero-order chi connectivity index (χ0) is 23.0. The molecule has 2 amide bonds. The second kappa shape index (κ2) is 8.48. The lowest BCUT2D eigenvalue weighted by atomic mass is 9.86. The van der Waals surface area contributed by atoms with Gasteiger partial charge in [0.2, 0.25) is 0 Å². The maximum absolute atomic E-state index is 13.3. The number of halogens is 2. The Morgan fingerprint density at radius 2 is 1.94 bits per heavy atom. The summed E-state index contributed by atoms with van der Waals surface area (Å²) >= 11 is 0. The molecule has 170 valence electrons. The van der Waals surface area contributed by atoms with E-state index in [1.54, 1.807) is 31.7 Å². The Hall–Kier alpha value is -2.63. The zero-order valence-electron chi connectivity index (χ0n) is 17.8. The van der Waals surface area contributed by atoms with Crippen molar-refractivity contribution in [2.45, 2.75) is 49.7 Å². The summed E-state index contributed by atoms with van der Waals surface area (Å²) in [5.41, 5.74) is 0.467. The second-order valence-electron chi connectivity index (χ2n) is 8.24. The molecule has 3 heterocycles. The lowest BCUT2D eigenvalue weighted by Gasteiger charge is -2.40. The number of aryl methyl sites for hydroxylation is 2. The minimum Gasteiger partial charge on any atom is -0.325 e. The van der Waals surface area contributed by atoms with Gasteiger partial charge in [-0.1, -0.05) is 0 Å². The number of nitrogens with zero attached hydrogens (tertiary/aromatic N) is 5. The quantitative estimate of drug-likeness (QED) is 0.741. The van der Waals surface area contributed by atoms with Crippen LogP contribution in [0.5, 0.6) is 0 Å². The van der Waals surface area contributed by atoms with Crippen LogP contribution in [0.4, 0.5) is 19.3 Å². The molecule has 0 bridgehead atoms. The van der Waals surface area contributed by atoms with E-state index >= 15 is 0 Å². The Balaban J connectivity index is 1.71. The van der Waals surface area contributed by atoms with Crippen molar-refractivity contribution in [3.63, 3.8) is 0 Å². The monoisotopic (exact) mass is 456 g/mol. The molecular weight excluding hydrogens is 430 g/mol. The lowest BCUT2D eigenvalue weighted by molar-refractivity contribution is 0.141. The first-order chi connectivity index (χ1) is 14.4. The molecule has 9 nitrogen and oxygen atoms in total. The number of aromatic nitrogens is 4. The first-order valence-electron chi connectivity index (χ1n) is 9.85. The van der Waals surface area contributed by atoms with Gasteiger partial charge in [0.1, 0.15) is 10.6 Å². The first kappa shape index (κ1) is 23.0. The van der Waals surface area contributed by atoms with Crippen molar-refractivity contribution in [2.24, 2.45) is 13.0 Å². The number of rotatable bonds is 5. The fraction of sp³-hybridized carbons (Fsp3) is 0.579. The van der Waals surface area contributed by atoms with E-state index in [9.17, 15) is 22.0 Å². The van der Waals surface area contributed by atoms with E-state index < -0.39 is 31.6 Å². The van der Waals surface area contributed by atoms with Gasteiger partial charge in [0, 0.05) is 26.3 Å². The van der Waals surface area contributed by atoms with Gasteiger partial charge in [-0.25, -0.2) is 22.0 Å². The Morgan fingerprint density at radius 1 is 1.29 bits per heavy atom. The molecule has 1 aliphatic rings. The van der Waals surface area contributed by atoms with Crippen LogP contribution in [0.25, 0.3) is 0 Å². The Morgan fingerprint density at radius 3 is 2.52 bits per heavy atom. The third-order valence-corrected chi connectivity index (χ3v) is 8.42. The van der Waals surface area contributed by atoms with Crippen LogP contribution in [0.2, 0.25) is 0 Å². The van der Waals surface area contributed by atoms with Crippen molar-refractivity contribution in [2.75, 3.05) is 18.4 Å². The van der Waals surface area contributed by atoms with Crippen molar-refractivity contribution in [3.05, 3.63) is 29.8 Å². The molecule has 0 atom stereocenters. The van der Waals surface area contributed by atoms with Gasteiger partial charge in [-0.05, 0) is 45.6 Å². The summed E-state index contributed by atoms with van der Waals surface area (Å²) < 4.78 is 53.1. The van der Waals surface area contributed by atoms with Crippen LogP contribution in [0, 0.1) is 12.8 Å². The van der Waals surface area contributed by atoms with Gasteiger partial charge in [-0.3, -0.25) is 4.68 Å². The Bertz CT molecular complexity index is 1060. The van der Waals surface area contributed by atoms with Crippen molar-refractivity contribution in [1.82, 2.24) is 24.9 Å². The highest BCUT2D eigenvalue weighted by atomic mass is 32.2. The average molecular weight is 457 g/mol. The number of likely N-dealkylation sites (tertiary alicyclic amines) is 1. The summed E-state index contributed by atoms with van der Waals surface area (Å²) in [6.07, 6.45) is 0.446. The molecule has 2 aromatic heterocycles. The summed E-state index contributed by atoms with van der Waals surface area (Å²) in [5, 5.41) is 14.0. The minimum atomic E-state index is -4.08. The molecule has 0 aromatic carbocycles. The van der Waals surface area contributed by atoms with E-state index in [2.05, 4.69) is 20.6 Å². The lowest BCUT2D eigenvalue weighted by Crippen LogP contribution is -2.48. The van der Waals surface area contributed by atoms with Crippen molar-refractivity contribution >= 4 is 21.6 Å². The van der Waals surface area contributed by atoms with Gasteiger partial charge in [0.15, 0.2) is 9.84 Å². The summed E-state index contributed by atoms with van der Waals surface area (Å²) in [4.78, 5) is 13.7. The minimum absolute atomic E-state index is 0.307. The molecule has 3 rings (SSSR count). The molecule has 1 saturated heterocycles. The third kappa shape index (κ3) is 4.53. The van der Waals surface area contributed by atoms with Gasteiger partial charge in [-0.15, -0.1) is 0 Å². The van der Waals surface area contributed by atoms with E-state index in [1.807, 2.05) is 0 Å². The predicted molar refractivity (Wildman–Crippen MR) is 110 cm³/mol. The third-order valence-electron chi connectivity index (χ3n) is 5.80. The molecule has 0 aliphatic carbocycles. The van der Waals surface area contributed by atoms with E-state index in [0.717, 1.165) is 10.9 Å². The molecule has 0 saturated carbocycles. The van der Waals surface area contributed by atoms with E-state index in [-0.39, 0.29) is 11.9 Å². The predicted octanol–water partition coefficient (Wildman–Crippen LogP) is 2.95. The van der Waals surface area contributed by atoms with Gasteiger partial charge >= 0.3 is 6.03 Å². The van der Waals surface area contributed by atoms with Crippen molar-refractivity contribution < 1.29 is 22.0 Å². The van der Waals surface area contributed by atoms with Crippen LogP contribution in [0.3, 0.4) is 0 Å². The number of amides is 2. The number of hydrogen-bond acceptors (Lipinski definition) is 6. The molecule has 2 aromatic rings. The normalized spacial score (nSPS) is 16.0. The number of anilines is 1. The average Bonchev–Trinajstić information content (AvgIpc) is 3.11. The van der Waals surface area contributed by atoms with Gasteiger partial charge in [0.05, 0.1) is 22.3 Å². The standard InChI is InChI=1S/C19H26F2N6O3S/c1-12-9-14(10-22-24-12)23-18(28)27-7-5-13(6-8-27)19(2,3)31(29,30)15-11-26(4)25-16(15)17(20)21/h9-11,13,17H,5-8H2,1-4H3,(H,23,24,28). The largest absolute Gasteiger partial charge is 0.325 e. The van der Waals surface area contributed by atoms with Crippen LogP contribution in [-0.2, 0) is 16.9 Å². The maximum atomic E-state index is 13.3. The van der Waals surface area contributed by atoms with E-state index in [1.165, 1.54) is 13.2 Å². The van der Waals surface area contributed by atoms with Gasteiger partial charge in [0.25, 0.3) is 6.43 Å². The highest BCUT2D eigenvalue weighted by Crippen LogP contribution is 2.40. The molecular formula is C19H26F2N6O3S. The number of nitrogens with one attached hydrogen (secondary N) is 1. The fourth-order valence-electron chi connectivity index (χ4n) is 3.87. The number of alkyl halides is 2. The number of carbonyl (C=O) groups is 1. The van der Waals surface area contributed by atoms with E-state index in [0.29, 0.717) is 37.3 Å². The topological polar surface area (TPSA) is 110 Å². The number of hydrogen-bond donors (Lipinski definition) is 1. The van der Waals surface area contributed by atoms with Crippen LogP contribution in [0.15, 0.2) is 23.4 Å². The molecule has 0 unspecified atom stereocenters. The van der Waals surface area contributed by atoms with Crippen molar-refractivity contribution in [1.29, 1.82) is 0 Å². The van der Waals surface area contributed by atoms with Crippen LogP contribution < -0.4 is 5.32 Å². The smallest absolute Gasteiger partial charge is 0.321 e. The fourth-order valence-corrected chi connectivity index (χ4v) is 5.80. The van der Waals surface area contributed by atoms with Crippen LogP contribution in [-0.4, -0.2) is 57.2 Å². The number of urea groups is 1. The Kier molecular flexibility index (Phi) is 6.30. The van der Waals surface area contributed by atoms with Crippen LogP contribution in [0.1, 0.15) is 44.5 Å². The molecule has 31 heavy (non-hydrogen) atoms. The summed E-state index contributed by atoms with van der Waals surface area (Å²) in [5.74, 6) is -0.308. The number of piperidine rings is 1. The van der Waals surface area contributed by atoms with Crippen molar-refractivity contribution in [3.8, 4) is 0 Å². The SMILES string of the molecule is Cc1cc(NC(=O)N2CCC(C(C)(C)S(=O)(=O)c3cn(C)nc3C(F)F)CC2)cnn1. The maximum Gasteiger partial charge on any atom is 0.321 e. The second-order valence-corrected chi connectivity index (χ2v) is 10.7. The number of sulfone groups is 1.